The number of sulfonamides is 1. The van der Waals surface area contributed by atoms with Crippen molar-refractivity contribution in [1.82, 2.24) is 4.31 Å². The Hall–Kier alpha value is -2.09. The summed E-state index contributed by atoms with van der Waals surface area (Å²) in [6.07, 6.45) is 2.58. The van der Waals surface area contributed by atoms with E-state index < -0.39 is 10.0 Å². The molecule has 1 atom stereocenters. The summed E-state index contributed by atoms with van der Waals surface area (Å²) >= 11 is 0. The third kappa shape index (κ3) is 3.21. The summed E-state index contributed by atoms with van der Waals surface area (Å²) in [5, 5.41) is 0. The van der Waals surface area contributed by atoms with Gasteiger partial charge in [-0.25, -0.2) is 8.42 Å². The molecule has 3 aliphatic rings. The van der Waals surface area contributed by atoms with Crippen molar-refractivity contribution < 1.29 is 13.2 Å². The zero-order chi connectivity index (χ0) is 20.0. The largest absolute Gasteiger partial charge is 0.379 e. The highest BCUT2D eigenvalue weighted by atomic mass is 32.2. The van der Waals surface area contributed by atoms with E-state index in [1.165, 1.54) is 17.5 Å². The number of morpholine rings is 1. The van der Waals surface area contributed by atoms with E-state index in [1.54, 1.807) is 10.4 Å². The van der Waals surface area contributed by atoms with Crippen LogP contribution in [0.3, 0.4) is 0 Å². The molecule has 0 bridgehead atoms. The molecule has 2 fully saturated rings. The van der Waals surface area contributed by atoms with Crippen LogP contribution in [0.5, 0.6) is 0 Å². The number of benzene rings is 2. The van der Waals surface area contributed by atoms with Gasteiger partial charge in [0.2, 0.25) is 10.0 Å². The van der Waals surface area contributed by atoms with E-state index in [2.05, 4.69) is 41.0 Å². The van der Waals surface area contributed by atoms with Gasteiger partial charge in [0.1, 0.15) is 6.17 Å². The molecule has 29 heavy (non-hydrogen) atoms. The number of rotatable bonds is 4. The van der Waals surface area contributed by atoms with Crippen molar-refractivity contribution in [3.63, 3.8) is 0 Å². The molecule has 0 aliphatic carbocycles. The first kappa shape index (κ1) is 18.9. The summed E-state index contributed by atoms with van der Waals surface area (Å²) in [6.45, 7) is 5.71. The van der Waals surface area contributed by atoms with Crippen LogP contribution >= 0.6 is 0 Å². The van der Waals surface area contributed by atoms with Gasteiger partial charge in [0.25, 0.3) is 0 Å². The van der Waals surface area contributed by atoms with Crippen LogP contribution in [0, 0.1) is 6.92 Å². The molecule has 0 aromatic heterocycles. The summed E-state index contributed by atoms with van der Waals surface area (Å²) in [5.41, 5.74) is 4.74. The SMILES string of the molecule is Cc1ccccc1CN1c2cc(S(=O)(=O)N3CCOCC3)ccc2N2CCC[C@@H]21. The van der Waals surface area contributed by atoms with Crippen molar-refractivity contribution in [2.75, 3.05) is 42.6 Å². The van der Waals surface area contributed by atoms with Gasteiger partial charge in [-0.2, -0.15) is 4.31 Å². The number of hydrogen-bond donors (Lipinski definition) is 0. The van der Waals surface area contributed by atoms with Crippen molar-refractivity contribution in [2.24, 2.45) is 0 Å². The molecule has 0 spiro atoms. The van der Waals surface area contributed by atoms with Crippen molar-refractivity contribution in [3.8, 4) is 0 Å². The Morgan fingerprint density at radius 1 is 1.03 bits per heavy atom. The topological polar surface area (TPSA) is 53.1 Å². The maximum atomic E-state index is 13.2. The molecule has 2 aromatic carbocycles. The van der Waals surface area contributed by atoms with Gasteiger partial charge >= 0.3 is 0 Å². The zero-order valence-electron chi connectivity index (χ0n) is 16.8. The molecule has 3 heterocycles. The van der Waals surface area contributed by atoms with Gasteiger partial charge in [-0.15, -0.1) is 0 Å². The Morgan fingerprint density at radius 2 is 1.83 bits per heavy atom. The molecule has 3 aliphatic heterocycles. The summed E-state index contributed by atoms with van der Waals surface area (Å²) in [7, 11) is -3.50. The van der Waals surface area contributed by atoms with Crippen LogP contribution in [0.1, 0.15) is 24.0 Å². The normalized spacial score (nSPS) is 22.0. The minimum absolute atomic E-state index is 0.311. The zero-order valence-corrected chi connectivity index (χ0v) is 17.6. The van der Waals surface area contributed by atoms with Crippen molar-refractivity contribution in [2.45, 2.75) is 37.4 Å². The van der Waals surface area contributed by atoms with Crippen molar-refractivity contribution in [1.29, 1.82) is 0 Å². The quantitative estimate of drug-likeness (QED) is 0.771. The Labute approximate surface area is 172 Å². The van der Waals surface area contributed by atoms with Crippen LogP contribution in [0.2, 0.25) is 0 Å². The fourth-order valence-corrected chi connectivity index (χ4v) is 6.18. The van der Waals surface area contributed by atoms with Gasteiger partial charge in [0.05, 0.1) is 29.5 Å². The van der Waals surface area contributed by atoms with Crippen molar-refractivity contribution in [3.05, 3.63) is 53.6 Å². The van der Waals surface area contributed by atoms with Crippen LogP contribution < -0.4 is 9.80 Å². The van der Waals surface area contributed by atoms with E-state index in [0.717, 1.165) is 30.9 Å². The lowest BCUT2D eigenvalue weighted by Gasteiger charge is -2.28. The third-order valence-corrected chi connectivity index (χ3v) is 8.25. The average molecular weight is 414 g/mol. The number of anilines is 2. The molecular formula is C22H27N3O3S. The van der Waals surface area contributed by atoms with E-state index in [1.807, 2.05) is 12.1 Å². The van der Waals surface area contributed by atoms with E-state index in [4.69, 9.17) is 4.74 Å². The summed E-state index contributed by atoms with van der Waals surface area (Å²) in [5.74, 6) is 0. The molecule has 2 saturated heterocycles. The van der Waals surface area contributed by atoms with Crippen LogP contribution in [0.15, 0.2) is 47.4 Å². The van der Waals surface area contributed by atoms with Crippen molar-refractivity contribution >= 4 is 21.4 Å². The van der Waals surface area contributed by atoms with E-state index >= 15 is 0 Å². The Balaban J connectivity index is 1.53. The summed E-state index contributed by atoms with van der Waals surface area (Å²) < 4.78 is 33.3. The van der Waals surface area contributed by atoms with Crippen LogP contribution in [0.4, 0.5) is 11.4 Å². The van der Waals surface area contributed by atoms with E-state index in [9.17, 15) is 8.42 Å². The number of hydrogen-bond acceptors (Lipinski definition) is 5. The lowest BCUT2D eigenvalue weighted by atomic mass is 10.1. The van der Waals surface area contributed by atoms with Gasteiger partial charge in [-0.05, 0) is 49.1 Å². The average Bonchev–Trinajstić information content (AvgIpc) is 3.32. The van der Waals surface area contributed by atoms with E-state index in [-0.39, 0.29) is 0 Å². The lowest BCUT2D eigenvalue weighted by molar-refractivity contribution is 0.0730. The molecule has 0 N–H and O–H groups in total. The first-order valence-corrected chi connectivity index (χ1v) is 11.8. The molecule has 0 saturated carbocycles. The summed E-state index contributed by atoms with van der Waals surface area (Å²) in [4.78, 5) is 5.20. The first-order valence-electron chi connectivity index (χ1n) is 10.4. The Kier molecular flexibility index (Phi) is 4.76. The fraction of sp³-hybridized carbons (Fsp3) is 0.455. The predicted octanol–water partition coefficient (Wildman–Crippen LogP) is 2.96. The smallest absolute Gasteiger partial charge is 0.243 e. The minimum atomic E-state index is -3.50. The van der Waals surface area contributed by atoms with E-state index in [0.29, 0.717) is 37.4 Å². The first-order chi connectivity index (χ1) is 14.1. The second-order valence-corrected chi connectivity index (χ2v) is 9.98. The number of ether oxygens (including phenoxy) is 1. The predicted molar refractivity (Wildman–Crippen MR) is 114 cm³/mol. The molecule has 0 radical (unpaired) electrons. The minimum Gasteiger partial charge on any atom is -0.379 e. The third-order valence-electron chi connectivity index (χ3n) is 6.36. The molecule has 6 nitrogen and oxygen atoms in total. The Morgan fingerprint density at radius 3 is 2.62 bits per heavy atom. The monoisotopic (exact) mass is 413 g/mol. The maximum Gasteiger partial charge on any atom is 0.243 e. The number of fused-ring (bicyclic) bond motifs is 3. The van der Waals surface area contributed by atoms with Gasteiger partial charge in [0, 0.05) is 26.2 Å². The Bertz CT molecular complexity index is 1020. The standard InChI is InChI=1S/C22H27N3O3S/c1-17-5-2-3-6-18(17)16-25-21-15-19(29(26,27)23-11-13-28-14-12-23)8-9-20(21)24-10-4-7-22(24)25/h2-3,5-6,8-9,15,22H,4,7,10-14,16H2,1H3/t22-/m0/s1. The maximum absolute atomic E-state index is 13.2. The van der Waals surface area contributed by atoms with Crippen LogP contribution in [-0.4, -0.2) is 51.7 Å². The van der Waals surface area contributed by atoms with Gasteiger partial charge in [0.15, 0.2) is 0 Å². The fourth-order valence-electron chi connectivity index (χ4n) is 4.75. The molecule has 0 unspecified atom stereocenters. The van der Waals surface area contributed by atoms with Crippen LogP contribution in [-0.2, 0) is 21.3 Å². The highest BCUT2D eigenvalue weighted by Crippen LogP contribution is 2.46. The van der Waals surface area contributed by atoms with Gasteiger partial charge in [-0.3, -0.25) is 0 Å². The summed E-state index contributed by atoms with van der Waals surface area (Å²) in [6, 6.07) is 14.1. The second-order valence-electron chi connectivity index (χ2n) is 8.04. The van der Waals surface area contributed by atoms with Gasteiger partial charge in [-0.1, -0.05) is 24.3 Å². The van der Waals surface area contributed by atoms with Gasteiger partial charge < -0.3 is 14.5 Å². The molecular weight excluding hydrogens is 386 g/mol. The lowest BCUT2D eigenvalue weighted by Crippen LogP contribution is -2.40. The number of nitrogens with zero attached hydrogens (tertiary/aromatic N) is 3. The molecule has 7 heteroatoms. The highest BCUT2D eigenvalue weighted by Gasteiger charge is 2.40. The molecule has 0 amide bonds. The molecule has 2 aromatic rings. The highest BCUT2D eigenvalue weighted by molar-refractivity contribution is 7.89. The van der Waals surface area contributed by atoms with Crippen LogP contribution in [0.25, 0.3) is 0 Å². The molecule has 154 valence electrons. The number of aryl methyl sites for hydroxylation is 1. The second kappa shape index (κ2) is 7.31. The molecule has 5 rings (SSSR count).